The van der Waals surface area contributed by atoms with E-state index in [1.807, 2.05) is 43.3 Å². The molecule has 0 atom stereocenters. The normalized spacial score (nSPS) is 15.3. The summed E-state index contributed by atoms with van der Waals surface area (Å²) in [5.41, 5.74) is 5.50. The number of aromatic nitrogens is 2. The summed E-state index contributed by atoms with van der Waals surface area (Å²) in [4.78, 5) is 15.0. The Hall–Kier alpha value is -3.87. The van der Waals surface area contributed by atoms with Crippen molar-refractivity contribution >= 4 is 17.3 Å². The zero-order valence-electron chi connectivity index (χ0n) is 20.1. The summed E-state index contributed by atoms with van der Waals surface area (Å²) < 4.78 is 15.4. The van der Waals surface area contributed by atoms with Gasteiger partial charge in [0.1, 0.15) is 12.4 Å². The Morgan fingerprint density at radius 3 is 2.57 bits per heavy atom. The lowest BCUT2D eigenvalue weighted by Crippen LogP contribution is -2.35. The monoisotopic (exact) mass is 471 g/mol. The number of carbonyl (C=O) groups excluding carboxylic acids is 1. The van der Waals surface area contributed by atoms with Gasteiger partial charge >= 0.3 is 0 Å². The number of halogens is 1. The molecule has 1 amide bonds. The van der Waals surface area contributed by atoms with Gasteiger partial charge in [-0.1, -0.05) is 37.3 Å². The number of nitrogens with one attached hydrogen (secondary N) is 2. The molecule has 0 saturated carbocycles. The van der Waals surface area contributed by atoms with Gasteiger partial charge in [0.25, 0.3) is 0 Å². The summed E-state index contributed by atoms with van der Waals surface area (Å²) in [6.45, 7) is 4.84. The second kappa shape index (κ2) is 10.6. The number of aryl methyl sites for hydroxylation is 2. The number of carbonyl (C=O) groups is 1. The molecule has 2 heterocycles. The van der Waals surface area contributed by atoms with Crippen LogP contribution in [0.3, 0.4) is 0 Å². The van der Waals surface area contributed by atoms with Gasteiger partial charge in [-0.25, -0.2) is 4.39 Å². The van der Waals surface area contributed by atoms with Crippen LogP contribution >= 0.6 is 0 Å². The Kier molecular flexibility index (Phi) is 7.34. The van der Waals surface area contributed by atoms with Crippen LogP contribution in [0.1, 0.15) is 36.6 Å². The highest BCUT2D eigenvalue weighted by molar-refractivity contribution is 6.12. The predicted molar refractivity (Wildman–Crippen MR) is 137 cm³/mol. The molecule has 1 fully saturated rings. The molecular weight excluding hydrogens is 441 g/mol. The lowest BCUT2D eigenvalue weighted by atomic mass is 10.0. The minimum atomic E-state index is -0.252. The summed E-state index contributed by atoms with van der Waals surface area (Å²) in [5, 5.41) is 21.5. The summed E-state index contributed by atoms with van der Waals surface area (Å²) >= 11 is 0. The number of rotatable bonds is 6. The van der Waals surface area contributed by atoms with Gasteiger partial charge < -0.3 is 15.7 Å². The molecule has 35 heavy (non-hydrogen) atoms. The van der Waals surface area contributed by atoms with E-state index >= 15 is 0 Å². The first-order chi connectivity index (χ1) is 16.9. The SMILES string of the molecule is CCc1cc(-c2ccc(F)c(C)c2)nn1CC(=O)N1CCC(=N)C(=CC(=N)c2ccccc2)CC1. The number of likely N-dealkylation sites (tertiary alicyclic amines) is 1. The zero-order chi connectivity index (χ0) is 24.9. The van der Waals surface area contributed by atoms with Crippen molar-refractivity contribution in [2.24, 2.45) is 0 Å². The maximum atomic E-state index is 13.7. The Morgan fingerprint density at radius 1 is 1.11 bits per heavy atom. The summed E-state index contributed by atoms with van der Waals surface area (Å²) in [7, 11) is 0. The number of allylic oxidation sites excluding steroid dienone is 1. The molecule has 2 N–H and O–H groups in total. The molecule has 6 nitrogen and oxygen atoms in total. The largest absolute Gasteiger partial charge is 0.340 e. The quantitative estimate of drug-likeness (QED) is 0.485. The number of hydrogen-bond donors (Lipinski definition) is 2. The molecule has 1 saturated heterocycles. The second-order valence-corrected chi connectivity index (χ2v) is 8.80. The van der Waals surface area contributed by atoms with Crippen LogP contribution in [-0.2, 0) is 17.8 Å². The number of nitrogens with zero attached hydrogens (tertiary/aromatic N) is 3. The Labute approximate surface area is 205 Å². The molecule has 4 rings (SSSR count). The van der Waals surface area contributed by atoms with Crippen molar-refractivity contribution in [1.29, 1.82) is 10.8 Å². The van der Waals surface area contributed by atoms with Gasteiger partial charge in [0.2, 0.25) is 5.91 Å². The van der Waals surface area contributed by atoms with E-state index in [1.165, 1.54) is 6.07 Å². The third kappa shape index (κ3) is 5.62. The van der Waals surface area contributed by atoms with E-state index in [1.54, 1.807) is 34.7 Å². The lowest BCUT2D eigenvalue weighted by Gasteiger charge is -2.20. The molecule has 0 aliphatic carbocycles. The maximum Gasteiger partial charge on any atom is 0.244 e. The van der Waals surface area contributed by atoms with Crippen molar-refractivity contribution in [3.63, 3.8) is 0 Å². The van der Waals surface area contributed by atoms with Crippen LogP contribution in [-0.4, -0.2) is 45.1 Å². The fourth-order valence-corrected chi connectivity index (χ4v) is 4.26. The average Bonchev–Trinajstić information content (AvgIpc) is 3.18. The molecule has 2 aromatic carbocycles. The summed E-state index contributed by atoms with van der Waals surface area (Å²) in [6.07, 6.45) is 3.48. The van der Waals surface area contributed by atoms with Crippen LogP contribution in [0.15, 0.2) is 66.2 Å². The van der Waals surface area contributed by atoms with Crippen LogP contribution < -0.4 is 0 Å². The Balaban J connectivity index is 1.46. The van der Waals surface area contributed by atoms with Crippen molar-refractivity contribution in [2.75, 3.05) is 13.1 Å². The first kappa shape index (κ1) is 24.3. The molecule has 0 radical (unpaired) electrons. The molecule has 180 valence electrons. The first-order valence-electron chi connectivity index (χ1n) is 11.9. The fourth-order valence-electron chi connectivity index (χ4n) is 4.26. The molecular formula is C28H30FN5O. The van der Waals surface area contributed by atoms with Gasteiger partial charge in [0, 0.05) is 36.5 Å². The number of benzene rings is 2. The molecule has 7 heteroatoms. The van der Waals surface area contributed by atoms with Gasteiger partial charge in [-0.05, 0) is 66.8 Å². The first-order valence-corrected chi connectivity index (χ1v) is 11.9. The van der Waals surface area contributed by atoms with Crippen molar-refractivity contribution < 1.29 is 9.18 Å². The van der Waals surface area contributed by atoms with E-state index in [2.05, 4.69) is 5.10 Å². The van der Waals surface area contributed by atoms with Crippen LogP contribution in [0.4, 0.5) is 4.39 Å². The van der Waals surface area contributed by atoms with Crippen molar-refractivity contribution in [3.05, 3.63) is 88.9 Å². The van der Waals surface area contributed by atoms with E-state index in [9.17, 15) is 9.18 Å². The van der Waals surface area contributed by atoms with E-state index < -0.39 is 0 Å². The smallest absolute Gasteiger partial charge is 0.244 e. The van der Waals surface area contributed by atoms with Crippen LogP contribution in [0, 0.1) is 23.6 Å². The predicted octanol–water partition coefficient (Wildman–Crippen LogP) is 5.20. The highest BCUT2D eigenvalue weighted by Gasteiger charge is 2.22. The lowest BCUT2D eigenvalue weighted by molar-refractivity contribution is -0.131. The molecule has 0 unspecified atom stereocenters. The molecule has 3 aromatic rings. The van der Waals surface area contributed by atoms with Crippen LogP contribution in [0.5, 0.6) is 0 Å². The fraction of sp³-hybridized carbons (Fsp3) is 0.286. The minimum absolute atomic E-state index is 0.0446. The minimum Gasteiger partial charge on any atom is -0.340 e. The van der Waals surface area contributed by atoms with Crippen molar-refractivity contribution in [1.82, 2.24) is 14.7 Å². The van der Waals surface area contributed by atoms with Crippen LogP contribution in [0.2, 0.25) is 0 Å². The zero-order valence-corrected chi connectivity index (χ0v) is 20.1. The van der Waals surface area contributed by atoms with Crippen molar-refractivity contribution in [3.8, 4) is 11.3 Å². The van der Waals surface area contributed by atoms with E-state index in [0.717, 1.165) is 34.5 Å². The molecule has 1 aliphatic heterocycles. The van der Waals surface area contributed by atoms with Gasteiger partial charge in [-0.15, -0.1) is 0 Å². The van der Waals surface area contributed by atoms with Crippen LogP contribution in [0.25, 0.3) is 11.3 Å². The molecule has 0 spiro atoms. The second-order valence-electron chi connectivity index (χ2n) is 8.80. The van der Waals surface area contributed by atoms with Gasteiger partial charge in [0.05, 0.1) is 11.4 Å². The maximum absolute atomic E-state index is 13.7. The Morgan fingerprint density at radius 2 is 1.86 bits per heavy atom. The van der Waals surface area contributed by atoms with Gasteiger partial charge in [-0.2, -0.15) is 5.10 Å². The van der Waals surface area contributed by atoms with Gasteiger partial charge in [0.15, 0.2) is 0 Å². The molecule has 0 bridgehead atoms. The molecule has 1 aromatic heterocycles. The number of amides is 1. The third-order valence-electron chi connectivity index (χ3n) is 6.39. The summed E-state index contributed by atoms with van der Waals surface area (Å²) in [6, 6.07) is 16.3. The number of hydrogen-bond acceptors (Lipinski definition) is 4. The van der Waals surface area contributed by atoms with Gasteiger partial charge in [-0.3, -0.25) is 9.48 Å². The summed E-state index contributed by atoms with van der Waals surface area (Å²) in [5.74, 6) is -0.296. The standard InChI is InChI=1S/C28H30FN5O/c1-3-23-17-27(22-9-10-24(29)19(2)15-22)32-34(23)18-28(35)33-13-11-21(25(30)12-14-33)16-26(31)20-7-5-4-6-8-20/h4-10,15-17,30-31H,3,11-14,18H2,1-2H3. The van der Waals surface area contributed by atoms with Crippen molar-refractivity contribution in [2.45, 2.75) is 39.7 Å². The highest BCUT2D eigenvalue weighted by atomic mass is 19.1. The third-order valence-corrected chi connectivity index (χ3v) is 6.39. The average molecular weight is 472 g/mol. The molecule has 1 aliphatic rings. The van der Waals surface area contributed by atoms with E-state index in [0.29, 0.717) is 42.9 Å². The van der Waals surface area contributed by atoms with E-state index in [-0.39, 0.29) is 18.3 Å². The topological polar surface area (TPSA) is 85.8 Å². The van der Waals surface area contributed by atoms with E-state index in [4.69, 9.17) is 10.8 Å². The highest BCUT2D eigenvalue weighted by Crippen LogP contribution is 2.23. The Bertz CT molecular complexity index is 1290.